The monoisotopic (exact) mass is 503 g/mol. The molecule has 0 bridgehead atoms. The number of benzene rings is 3. The largest absolute Gasteiger partial charge is 0.332 e. The Labute approximate surface area is 189 Å². The Balaban J connectivity index is 1.67. The smallest absolute Gasteiger partial charge is 0.264 e. The van der Waals surface area contributed by atoms with E-state index in [1.54, 1.807) is 54.6 Å². The van der Waals surface area contributed by atoms with E-state index in [1.165, 1.54) is 23.5 Å². The maximum absolute atomic E-state index is 12.8. The van der Waals surface area contributed by atoms with Crippen molar-refractivity contribution in [3.05, 3.63) is 88.9 Å². The molecule has 0 spiro atoms. The molecule has 0 aliphatic rings. The molecule has 0 aromatic heterocycles. The van der Waals surface area contributed by atoms with Crippen LogP contribution in [-0.2, 0) is 10.0 Å². The van der Waals surface area contributed by atoms with Crippen molar-refractivity contribution in [3.8, 4) is 0 Å². The van der Waals surface area contributed by atoms with E-state index in [0.717, 1.165) is 4.47 Å². The van der Waals surface area contributed by atoms with Crippen molar-refractivity contribution in [1.29, 1.82) is 0 Å². The van der Waals surface area contributed by atoms with Gasteiger partial charge in [-0.05, 0) is 66.8 Å². The molecule has 0 unspecified atom stereocenters. The van der Waals surface area contributed by atoms with Crippen molar-refractivity contribution in [2.45, 2.75) is 4.90 Å². The van der Waals surface area contributed by atoms with Gasteiger partial charge in [-0.15, -0.1) is 0 Å². The molecule has 0 fully saturated rings. The van der Waals surface area contributed by atoms with Crippen molar-refractivity contribution in [3.63, 3.8) is 0 Å². The second-order valence-corrected chi connectivity index (χ2v) is 9.54. The average molecular weight is 504 g/mol. The summed E-state index contributed by atoms with van der Waals surface area (Å²) in [7, 11) is -2.19. The molecule has 0 atom stereocenters. The van der Waals surface area contributed by atoms with Crippen molar-refractivity contribution in [2.24, 2.45) is 0 Å². The van der Waals surface area contributed by atoms with Gasteiger partial charge in [0.25, 0.3) is 15.9 Å². The minimum absolute atomic E-state index is 0.108. The third-order valence-electron chi connectivity index (χ3n) is 4.20. The number of amides is 1. The lowest BCUT2D eigenvalue weighted by atomic mass is 10.2. The number of anilines is 2. The van der Waals surface area contributed by atoms with Gasteiger partial charge in [-0.25, -0.2) is 8.42 Å². The first-order valence-electron chi connectivity index (χ1n) is 8.79. The third kappa shape index (κ3) is 5.24. The molecule has 3 rings (SSSR count). The number of nitrogens with zero attached hydrogens (tertiary/aromatic N) is 1. The molecule has 2 N–H and O–H groups in total. The van der Waals surface area contributed by atoms with Crippen molar-refractivity contribution in [2.75, 3.05) is 16.7 Å². The maximum Gasteiger partial charge on any atom is 0.264 e. The zero-order chi connectivity index (χ0) is 21.7. The van der Waals surface area contributed by atoms with Crippen LogP contribution >= 0.6 is 28.1 Å². The number of hydrogen-bond donors (Lipinski definition) is 2. The highest BCUT2D eigenvalue weighted by Gasteiger charge is 2.21. The van der Waals surface area contributed by atoms with E-state index in [0.29, 0.717) is 16.9 Å². The van der Waals surface area contributed by atoms with E-state index in [9.17, 15) is 13.2 Å². The van der Waals surface area contributed by atoms with Crippen LogP contribution in [0.1, 0.15) is 10.4 Å². The molecular weight excluding hydrogens is 486 g/mol. The van der Waals surface area contributed by atoms with Crippen LogP contribution in [0, 0.1) is 0 Å². The van der Waals surface area contributed by atoms with E-state index in [2.05, 4.69) is 26.6 Å². The van der Waals surface area contributed by atoms with Crippen molar-refractivity contribution < 1.29 is 13.2 Å². The fourth-order valence-electron chi connectivity index (χ4n) is 2.61. The average Bonchev–Trinajstić information content (AvgIpc) is 2.74. The van der Waals surface area contributed by atoms with Crippen LogP contribution in [0.25, 0.3) is 0 Å². The Bertz CT molecular complexity index is 1170. The van der Waals surface area contributed by atoms with Crippen LogP contribution in [0.3, 0.4) is 0 Å². The second kappa shape index (κ2) is 9.38. The zero-order valence-corrected chi connectivity index (χ0v) is 19.1. The Morgan fingerprint density at radius 3 is 2.27 bits per heavy atom. The van der Waals surface area contributed by atoms with Gasteiger partial charge in [0, 0.05) is 22.8 Å². The maximum atomic E-state index is 12.8. The summed E-state index contributed by atoms with van der Waals surface area (Å²) >= 11 is 8.49. The van der Waals surface area contributed by atoms with Crippen molar-refractivity contribution in [1.82, 2.24) is 5.32 Å². The quantitative estimate of drug-likeness (QED) is 0.504. The molecule has 0 aliphatic heterocycles. The summed E-state index contributed by atoms with van der Waals surface area (Å²) in [5.41, 5.74) is 1.57. The Morgan fingerprint density at radius 2 is 1.63 bits per heavy atom. The summed E-state index contributed by atoms with van der Waals surface area (Å²) in [6, 6.07) is 21.9. The first-order chi connectivity index (χ1) is 14.3. The highest BCUT2D eigenvalue weighted by Crippen LogP contribution is 2.22. The summed E-state index contributed by atoms with van der Waals surface area (Å²) in [6.45, 7) is 0. The number of hydrogen-bond acceptors (Lipinski definition) is 4. The van der Waals surface area contributed by atoms with Gasteiger partial charge < -0.3 is 5.32 Å². The molecule has 0 saturated heterocycles. The summed E-state index contributed by atoms with van der Waals surface area (Å²) in [5, 5.41) is 5.58. The zero-order valence-electron chi connectivity index (χ0n) is 15.9. The fraction of sp³-hybridized carbons (Fsp3) is 0.0476. The molecule has 0 saturated carbocycles. The van der Waals surface area contributed by atoms with Crippen LogP contribution in [0.15, 0.2) is 88.2 Å². The topological polar surface area (TPSA) is 78.5 Å². The predicted molar refractivity (Wildman–Crippen MR) is 126 cm³/mol. The van der Waals surface area contributed by atoms with Gasteiger partial charge in [-0.1, -0.05) is 40.2 Å². The first-order valence-corrected chi connectivity index (χ1v) is 11.4. The molecule has 6 nitrogen and oxygen atoms in total. The lowest BCUT2D eigenvalue weighted by Crippen LogP contribution is -2.34. The first kappa shape index (κ1) is 21.9. The van der Waals surface area contributed by atoms with Gasteiger partial charge in [0.1, 0.15) is 0 Å². The van der Waals surface area contributed by atoms with Crippen LogP contribution < -0.4 is 14.9 Å². The van der Waals surface area contributed by atoms with Gasteiger partial charge in [0.2, 0.25) is 0 Å². The summed E-state index contributed by atoms with van der Waals surface area (Å²) in [4.78, 5) is 12.4. The fourth-order valence-corrected chi connectivity index (χ4v) is 4.42. The number of sulfonamides is 1. The summed E-state index contributed by atoms with van der Waals surface area (Å²) < 4.78 is 27.6. The molecule has 154 valence electrons. The van der Waals surface area contributed by atoms with Crippen LogP contribution in [0.4, 0.5) is 11.4 Å². The highest BCUT2D eigenvalue weighted by molar-refractivity contribution is 9.10. The Morgan fingerprint density at radius 1 is 0.967 bits per heavy atom. The lowest BCUT2D eigenvalue weighted by Gasteiger charge is -2.19. The lowest BCUT2D eigenvalue weighted by molar-refractivity contribution is 0.0977. The van der Waals surface area contributed by atoms with E-state index in [-0.39, 0.29) is 15.9 Å². The Kier molecular flexibility index (Phi) is 6.86. The summed E-state index contributed by atoms with van der Waals surface area (Å²) in [5.74, 6) is -0.350. The number of carbonyl (C=O) groups excluding carboxylic acids is 1. The van der Waals surface area contributed by atoms with Gasteiger partial charge in [-0.2, -0.15) is 0 Å². The number of thiocarbonyl (C=S) groups is 1. The molecule has 0 aliphatic carbocycles. The highest BCUT2D eigenvalue weighted by atomic mass is 79.9. The minimum Gasteiger partial charge on any atom is -0.332 e. The molecule has 3 aromatic carbocycles. The van der Waals surface area contributed by atoms with E-state index < -0.39 is 10.0 Å². The van der Waals surface area contributed by atoms with Gasteiger partial charge in [0.15, 0.2) is 5.11 Å². The normalized spacial score (nSPS) is 10.9. The molecule has 0 radical (unpaired) electrons. The van der Waals surface area contributed by atoms with Gasteiger partial charge >= 0.3 is 0 Å². The number of nitrogens with one attached hydrogen (secondary N) is 2. The number of para-hydroxylation sites is 1. The van der Waals surface area contributed by atoms with E-state index >= 15 is 0 Å². The van der Waals surface area contributed by atoms with Crippen LogP contribution in [-0.4, -0.2) is 26.5 Å². The third-order valence-corrected chi connectivity index (χ3v) is 6.70. The summed E-state index contributed by atoms with van der Waals surface area (Å²) in [6.07, 6.45) is 0. The second-order valence-electron chi connectivity index (χ2n) is 6.25. The van der Waals surface area contributed by atoms with Gasteiger partial charge in [-0.3, -0.25) is 14.4 Å². The molecule has 30 heavy (non-hydrogen) atoms. The van der Waals surface area contributed by atoms with Crippen LogP contribution in [0.2, 0.25) is 0 Å². The van der Waals surface area contributed by atoms with Gasteiger partial charge in [0.05, 0.1) is 10.6 Å². The molecule has 0 heterocycles. The molecule has 1 amide bonds. The standard InChI is InChI=1S/C21H18BrN3O3S2/c1-25(18-8-3-2-4-9-18)30(27,28)19-12-10-17(11-13-19)23-21(29)24-20(26)15-6-5-7-16(22)14-15/h2-14H,1H3,(H2,23,24,26,29). The number of halogens is 1. The number of rotatable bonds is 5. The SMILES string of the molecule is CN(c1ccccc1)S(=O)(=O)c1ccc(NC(=S)NC(=O)c2cccc(Br)c2)cc1. The van der Waals surface area contributed by atoms with Crippen LogP contribution in [0.5, 0.6) is 0 Å². The van der Waals surface area contributed by atoms with E-state index in [1.807, 2.05) is 12.1 Å². The van der Waals surface area contributed by atoms with E-state index in [4.69, 9.17) is 12.2 Å². The number of carbonyl (C=O) groups is 1. The van der Waals surface area contributed by atoms with Crippen molar-refractivity contribution >= 4 is 60.6 Å². The predicted octanol–water partition coefficient (Wildman–Crippen LogP) is 4.40. The minimum atomic E-state index is -3.70. The Hall–Kier alpha value is -2.75. The molecule has 3 aromatic rings. The molecule has 9 heteroatoms. The molecular formula is C21H18BrN3O3S2.